The van der Waals surface area contributed by atoms with Crippen LogP contribution in [0, 0.1) is 12.7 Å². The van der Waals surface area contributed by atoms with Gasteiger partial charge in [-0.3, -0.25) is 0 Å². The van der Waals surface area contributed by atoms with Gasteiger partial charge < -0.3 is 10.3 Å². The van der Waals surface area contributed by atoms with E-state index in [1.807, 2.05) is 31.2 Å². The van der Waals surface area contributed by atoms with E-state index in [0.29, 0.717) is 16.8 Å². The van der Waals surface area contributed by atoms with E-state index in [1.165, 1.54) is 12.1 Å². The van der Waals surface area contributed by atoms with Crippen molar-refractivity contribution in [2.75, 3.05) is 5.73 Å². The minimum Gasteiger partial charge on any atom is -0.367 e. The van der Waals surface area contributed by atoms with Gasteiger partial charge in [-0.25, -0.2) is 4.39 Å². The van der Waals surface area contributed by atoms with Gasteiger partial charge in [0.05, 0.1) is 5.56 Å². The van der Waals surface area contributed by atoms with Crippen molar-refractivity contribution in [2.45, 2.75) is 6.92 Å². The summed E-state index contributed by atoms with van der Waals surface area (Å²) in [6.07, 6.45) is 0. The summed E-state index contributed by atoms with van der Waals surface area (Å²) in [4.78, 5) is 0. The first kappa shape index (κ1) is 12.4. The third kappa shape index (κ3) is 2.16. The third-order valence-corrected chi connectivity index (χ3v) is 3.12. The predicted molar refractivity (Wildman–Crippen MR) is 76.5 cm³/mol. The van der Waals surface area contributed by atoms with Gasteiger partial charge in [0.2, 0.25) is 5.88 Å². The number of hydrogen-bond acceptors (Lipinski definition) is 3. The van der Waals surface area contributed by atoms with Gasteiger partial charge in [0.25, 0.3) is 0 Å². The Bertz CT molecular complexity index is 765. The lowest BCUT2D eigenvalue weighted by atomic mass is 10.00. The summed E-state index contributed by atoms with van der Waals surface area (Å²) in [5, 5.41) is 4.01. The van der Waals surface area contributed by atoms with Crippen molar-refractivity contribution in [2.24, 2.45) is 0 Å². The van der Waals surface area contributed by atoms with E-state index in [4.69, 9.17) is 10.3 Å². The van der Waals surface area contributed by atoms with Gasteiger partial charge in [-0.2, -0.15) is 0 Å². The number of hydrogen-bond donors (Lipinski definition) is 1. The van der Waals surface area contributed by atoms with Gasteiger partial charge in [-0.1, -0.05) is 41.1 Å². The summed E-state index contributed by atoms with van der Waals surface area (Å²) in [6.45, 7) is 1.99. The largest absolute Gasteiger partial charge is 0.367 e. The average Bonchev–Trinajstić information content (AvgIpc) is 2.80. The number of nitrogens with two attached hydrogens (primary N) is 1. The third-order valence-electron chi connectivity index (χ3n) is 3.12. The molecule has 0 aliphatic heterocycles. The molecule has 0 aliphatic carbocycles. The van der Waals surface area contributed by atoms with Crippen molar-refractivity contribution in [3.05, 3.63) is 59.9 Å². The van der Waals surface area contributed by atoms with Crippen LogP contribution in [0.4, 0.5) is 10.3 Å². The van der Waals surface area contributed by atoms with Crippen LogP contribution in [0.3, 0.4) is 0 Å². The lowest BCUT2D eigenvalue weighted by molar-refractivity contribution is 0.439. The molecule has 0 fully saturated rings. The molecule has 0 radical (unpaired) electrons. The van der Waals surface area contributed by atoms with Crippen molar-refractivity contribution < 1.29 is 8.91 Å². The second kappa shape index (κ2) is 4.81. The Hall–Kier alpha value is -2.62. The van der Waals surface area contributed by atoms with E-state index in [-0.39, 0.29) is 11.7 Å². The molecule has 4 heteroatoms. The maximum Gasteiger partial charge on any atom is 0.230 e. The number of benzene rings is 2. The Balaban J connectivity index is 2.20. The molecule has 2 aromatic carbocycles. The highest BCUT2D eigenvalue weighted by Gasteiger charge is 2.17. The normalized spacial score (nSPS) is 10.7. The van der Waals surface area contributed by atoms with Gasteiger partial charge in [0.1, 0.15) is 11.5 Å². The van der Waals surface area contributed by atoms with E-state index in [0.717, 1.165) is 11.1 Å². The molecule has 20 heavy (non-hydrogen) atoms. The highest BCUT2D eigenvalue weighted by atomic mass is 19.1. The van der Waals surface area contributed by atoms with Gasteiger partial charge in [0, 0.05) is 5.56 Å². The Labute approximate surface area is 115 Å². The molecule has 0 saturated carbocycles. The van der Waals surface area contributed by atoms with E-state index in [2.05, 4.69) is 5.16 Å². The van der Waals surface area contributed by atoms with Gasteiger partial charge in [-0.15, -0.1) is 0 Å². The van der Waals surface area contributed by atoms with Crippen LogP contribution in [-0.2, 0) is 0 Å². The molecule has 1 aromatic heterocycles. The molecule has 0 atom stereocenters. The number of aromatic nitrogens is 1. The van der Waals surface area contributed by atoms with E-state index in [9.17, 15) is 4.39 Å². The summed E-state index contributed by atoms with van der Waals surface area (Å²) >= 11 is 0. The fourth-order valence-corrected chi connectivity index (χ4v) is 2.22. The van der Waals surface area contributed by atoms with E-state index < -0.39 is 0 Å². The molecule has 2 N–H and O–H groups in total. The Morgan fingerprint density at radius 3 is 2.55 bits per heavy atom. The molecule has 3 aromatic rings. The average molecular weight is 268 g/mol. The standard InChI is InChI=1S/C16H13FN2O/c1-10-4-2-6-12(8-10)15-14(16(18)20-19-15)11-5-3-7-13(17)9-11/h2-9H,18H2,1H3. The van der Waals surface area contributed by atoms with Crippen LogP contribution < -0.4 is 5.73 Å². The Morgan fingerprint density at radius 2 is 1.80 bits per heavy atom. The smallest absolute Gasteiger partial charge is 0.230 e. The molecule has 1 heterocycles. The summed E-state index contributed by atoms with van der Waals surface area (Å²) in [7, 11) is 0. The van der Waals surface area contributed by atoms with Crippen molar-refractivity contribution in [1.29, 1.82) is 0 Å². The fourth-order valence-electron chi connectivity index (χ4n) is 2.22. The molecule has 0 unspecified atom stereocenters. The topological polar surface area (TPSA) is 52.0 Å². The number of rotatable bonds is 2. The molecule has 0 spiro atoms. The summed E-state index contributed by atoms with van der Waals surface area (Å²) in [5.74, 6) is -0.134. The van der Waals surface area contributed by atoms with Crippen LogP contribution in [0.5, 0.6) is 0 Å². The highest BCUT2D eigenvalue weighted by Crippen LogP contribution is 2.36. The number of nitrogens with zero attached hydrogens (tertiary/aromatic N) is 1. The van der Waals surface area contributed by atoms with Crippen LogP contribution in [0.2, 0.25) is 0 Å². The zero-order valence-corrected chi connectivity index (χ0v) is 10.9. The first-order valence-corrected chi connectivity index (χ1v) is 6.23. The van der Waals surface area contributed by atoms with Crippen molar-refractivity contribution in [3.63, 3.8) is 0 Å². The molecule has 0 amide bonds. The lowest BCUT2D eigenvalue weighted by Gasteiger charge is -2.04. The number of anilines is 1. The molecule has 0 aliphatic rings. The van der Waals surface area contributed by atoms with Gasteiger partial charge in [0.15, 0.2) is 0 Å². The highest BCUT2D eigenvalue weighted by molar-refractivity contribution is 5.86. The summed E-state index contributed by atoms with van der Waals surface area (Å²) < 4.78 is 18.5. The Kier molecular flexibility index (Phi) is 2.99. The first-order valence-electron chi connectivity index (χ1n) is 6.23. The zero-order chi connectivity index (χ0) is 14.1. The molecule has 0 bridgehead atoms. The number of aryl methyl sites for hydroxylation is 1. The SMILES string of the molecule is Cc1cccc(-c2noc(N)c2-c2cccc(F)c2)c1. The molecule has 0 saturated heterocycles. The number of halogens is 1. The Morgan fingerprint density at radius 1 is 1.05 bits per heavy atom. The molecule has 3 nitrogen and oxygen atoms in total. The van der Waals surface area contributed by atoms with Crippen LogP contribution in [0.15, 0.2) is 53.1 Å². The molecule has 100 valence electrons. The predicted octanol–water partition coefficient (Wildman–Crippen LogP) is 4.04. The fraction of sp³-hybridized carbons (Fsp3) is 0.0625. The quantitative estimate of drug-likeness (QED) is 0.763. The van der Waals surface area contributed by atoms with Gasteiger partial charge in [-0.05, 0) is 30.7 Å². The first-order chi connectivity index (χ1) is 9.65. The summed E-state index contributed by atoms with van der Waals surface area (Å²) in [6, 6.07) is 14.1. The van der Waals surface area contributed by atoms with Crippen molar-refractivity contribution in [1.82, 2.24) is 5.16 Å². The lowest BCUT2D eigenvalue weighted by Crippen LogP contribution is -1.89. The molecular formula is C16H13FN2O. The maximum absolute atomic E-state index is 13.4. The minimum atomic E-state index is -0.321. The van der Waals surface area contributed by atoms with E-state index in [1.54, 1.807) is 12.1 Å². The van der Waals surface area contributed by atoms with Crippen molar-refractivity contribution in [3.8, 4) is 22.4 Å². The van der Waals surface area contributed by atoms with Crippen LogP contribution in [0.1, 0.15) is 5.56 Å². The maximum atomic E-state index is 13.4. The zero-order valence-electron chi connectivity index (χ0n) is 10.9. The van der Waals surface area contributed by atoms with E-state index >= 15 is 0 Å². The second-order valence-corrected chi connectivity index (χ2v) is 4.65. The summed E-state index contributed by atoms with van der Waals surface area (Å²) in [5.41, 5.74) is 9.74. The van der Waals surface area contributed by atoms with Crippen LogP contribution >= 0.6 is 0 Å². The monoisotopic (exact) mass is 268 g/mol. The molecular weight excluding hydrogens is 255 g/mol. The van der Waals surface area contributed by atoms with Gasteiger partial charge >= 0.3 is 0 Å². The van der Waals surface area contributed by atoms with Crippen LogP contribution in [-0.4, -0.2) is 5.16 Å². The minimum absolute atomic E-state index is 0.187. The number of nitrogen functional groups attached to an aromatic ring is 1. The van der Waals surface area contributed by atoms with Crippen molar-refractivity contribution >= 4 is 5.88 Å². The molecule has 3 rings (SSSR count). The van der Waals surface area contributed by atoms with Crippen LogP contribution in [0.25, 0.3) is 22.4 Å². The second-order valence-electron chi connectivity index (χ2n) is 4.65.